The van der Waals surface area contributed by atoms with Gasteiger partial charge in [-0.05, 0) is 12.1 Å². The standard InChI is InChI=1S/C10H3Cl5N2O/c11-4-1-5(12)9(6(13)2-4)17-10(18)8(15)7(14)3-16-17/h1-3H. The Morgan fingerprint density at radius 1 is 0.944 bits per heavy atom. The molecule has 0 atom stereocenters. The van der Waals surface area contributed by atoms with Gasteiger partial charge in [-0.2, -0.15) is 9.78 Å². The molecular weight excluding hydrogens is 341 g/mol. The summed E-state index contributed by atoms with van der Waals surface area (Å²) in [4.78, 5) is 11.9. The maximum Gasteiger partial charge on any atom is 0.291 e. The van der Waals surface area contributed by atoms with E-state index in [0.717, 1.165) is 4.68 Å². The van der Waals surface area contributed by atoms with Crippen LogP contribution in [0.2, 0.25) is 25.1 Å². The van der Waals surface area contributed by atoms with E-state index >= 15 is 0 Å². The summed E-state index contributed by atoms with van der Waals surface area (Å²) in [5.41, 5.74) is -0.415. The minimum Gasteiger partial charge on any atom is -0.266 e. The van der Waals surface area contributed by atoms with Crippen LogP contribution in [0.3, 0.4) is 0 Å². The smallest absolute Gasteiger partial charge is 0.266 e. The summed E-state index contributed by atoms with van der Waals surface area (Å²) in [5.74, 6) is 0. The van der Waals surface area contributed by atoms with Crippen LogP contribution in [0.4, 0.5) is 0 Å². The van der Waals surface area contributed by atoms with Crippen molar-refractivity contribution in [3.8, 4) is 5.69 Å². The van der Waals surface area contributed by atoms with Crippen molar-refractivity contribution in [3.63, 3.8) is 0 Å². The maximum absolute atomic E-state index is 11.9. The molecular formula is C10H3Cl5N2O. The van der Waals surface area contributed by atoms with Gasteiger partial charge < -0.3 is 0 Å². The van der Waals surface area contributed by atoms with Gasteiger partial charge in [-0.25, -0.2) is 0 Å². The Balaban J connectivity index is 2.79. The Morgan fingerprint density at radius 2 is 1.50 bits per heavy atom. The lowest BCUT2D eigenvalue weighted by Gasteiger charge is -2.09. The fraction of sp³-hybridized carbons (Fsp3) is 0. The first-order chi connectivity index (χ1) is 8.41. The van der Waals surface area contributed by atoms with E-state index in [0.29, 0.717) is 5.02 Å². The zero-order chi connectivity index (χ0) is 13.4. The molecule has 0 spiro atoms. The van der Waals surface area contributed by atoms with Gasteiger partial charge in [-0.3, -0.25) is 4.79 Å². The first-order valence-electron chi connectivity index (χ1n) is 4.50. The summed E-state index contributed by atoms with van der Waals surface area (Å²) >= 11 is 29.2. The molecule has 1 aromatic carbocycles. The van der Waals surface area contributed by atoms with Crippen LogP contribution in [-0.2, 0) is 0 Å². The third-order valence-corrected chi connectivity index (χ3v) is 3.61. The summed E-state index contributed by atoms with van der Waals surface area (Å²) in [5, 5.41) is 4.44. The lowest BCUT2D eigenvalue weighted by Crippen LogP contribution is -2.22. The predicted octanol–water partition coefficient (Wildman–Crippen LogP) is 4.50. The fourth-order valence-electron chi connectivity index (χ4n) is 1.31. The van der Waals surface area contributed by atoms with E-state index in [1.54, 1.807) is 0 Å². The summed E-state index contributed by atoms with van der Waals surface area (Å²) in [6.45, 7) is 0. The van der Waals surface area contributed by atoms with Gasteiger partial charge in [0.15, 0.2) is 0 Å². The van der Waals surface area contributed by atoms with Gasteiger partial charge in [0, 0.05) is 5.02 Å². The van der Waals surface area contributed by atoms with Crippen molar-refractivity contribution >= 4 is 58.0 Å². The van der Waals surface area contributed by atoms with E-state index in [2.05, 4.69) is 5.10 Å². The van der Waals surface area contributed by atoms with Crippen molar-refractivity contribution < 1.29 is 0 Å². The van der Waals surface area contributed by atoms with Gasteiger partial charge in [-0.15, -0.1) is 0 Å². The van der Waals surface area contributed by atoms with Crippen LogP contribution in [-0.4, -0.2) is 9.78 Å². The van der Waals surface area contributed by atoms with E-state index in [4.69, 9.17) is 58.0 Å². The van der Waals surface area contributed by atoms with E-state index < -0.39 is 5.56 Å². The highest BCUT2D eigenvalue weighted by molar-refractivity contribution is 6.42. The van der Waals surface area contributed by atoms with Crippen LogP contribution in [0.15, 0.2) is 23.1 Å². The van der Waals surface area contributed by atoms with Crippen molar-refractivity contribution in [2.24, 2.45) is 0 Å². The van der Waals surface area contributed by atoms with E-state index in [-0.39, 0.29) is 25.8 Å². The zero-order valence-corrected chi connectivity index (χ0v) is 12.2. The zero-order valence-electron chi connectivity index (χ0n) is 8.42. The predicted molar refractivity (Wildman–Crippen MR) is 74.9 cm³/mol. The van der Waals surface area contributed by atoms with Crippen LogP contribution < -0.4 is 5.56 Å². The lowest BCUT2D eigenvalue weighted by molar-refractivity contribution is 0.808. The van der Waals surface area contributed by atoms with Crippen molar-refractivity contribution in [2.45, 2.75) is 0 Å². The van der Waals surface area contributed by atoms with Gasteiger partial charge in [-0.1, -0.05) is 58.0 Å². The number of benzene rings is 1. The van der Waals surface area contributed by atoms with E-state index in [9.17, 15) is 4.79 Å². The van der Waals surface area contributed by atoms with Crippen LogP contribution in [0.5, 0.6) is 0 Å². The molecule has 3 nitrogen and oxygen atoms in total. The molecule has 0 radical (unpaired) electrons. The van der Waals surface area contributed by atoms with Gasteiger partial charge in [0.1, 0.15) is 10.7 Å². The van der Waals surface area contributed by atoms with Crippen LogP contribution >= 0.6 is 58.0 Å². The second-order valence-electron chi connectivity index (χ2n) is 3.24. The average Bonchev–Trinajstić information content (AvgIpc) is 2.28. The molecule has 1 heterocycles. The molecule has 0 aliphatic rings. The fourth-order valence-corrected chi connectivity index (χ4v) is 2.54. The number of halogens is 5. The Kier molecular flexibility index (Phi) is 4.09. The largest absolute Gasteiger partial charge is 0.291 e. The first-order valence-corrected chi connectivity index (χ1v) is 6.39. The van der Waals surface area contributed by atoms with Crippen LogP contribution in [0.1, 0.15) is 0 Å². The summed E-state index contributed by atoms with van der Waals surface area (Å²) < 4.78 is 0.967. The molecule has 0 saturated carbocycles. The molecule has 0 aliphatic carbocycles. The summed E-state index contributed by atoms with van der Waals surface area (Å²) in [7, 11) is 0. The lowest BCUT2D eigenvalue weighted by atomic mass is 10.3. The van der Waals surface area contributed by atoms with Crippen LogP contribution in [0, 0.1) is 0 Å². The minimum absolute atomic E-state index is 0.0547. The van der Waals surface area contributed by atoms with Gasteiger partial charge in [0.05, 0.1) is 21.3 Å². The molecule has 8 heteroatoms. The number of nitrogens with zero attached hydrogens (tertiary/aromatic N) is 2. The van der Waals surface area contributed by atoms with Gasteiger partial charge >= 0.3 is 0 Å². The quantitative estimate of drug-likeness (QED) is 0.763. The van der Waals surface area contributed by atoms with Crippen molar-refractivity contribution in [2.75, 3.05) is 0 Å². The number of hydrogen-bond donors (Lipinski definition) is 0. The Bertz CT molecular complexity index is 659. The molecule has 2 rings (SSSR count). The van der Waals surface area contributed by atoms with Gasteiger partial charge in [0.25, 0.3) is 5.56 Å². The van der Waals surface area contributed by atoms with E-state index in [1.807, 2.05) is 0 Å². The van der Waals surface area contributed by atoms with Gasteiger partial charge in [0.2, 0.25) is 0 Å². The highest BCUT2D eigenvalue weighted by Gasteiger charge is 2.15. The molecule has 2 aromatic rings. The number of rotatable bonds is 1. The van der Waals surface area contributed by atoms with Crippen LogP contribution in [0.25, 0.3) is 5.69 Å². The molecule has 1 aromatic heterocycles. The number of aromatic nitrogens is 2. The molecule has 94 valence electrons. The average molecular weight is 344 g/mol. The summed E-state index contributed by atoms with van der Waals surface area (Å²) in [6, 6.07) is 2.89. The minimum atomic E-state index is -0.615. The van der Waals surface area contributed by atoms with E-state index in [1.165, 1.54) is 18.3 Å². The third-order valence-electron chi connectivity index (χ3n) is 2.07. The molecule has 0 aliphatic heterocycles. The topological polar surface area (TPSA) is 34.9 Å². The highest BCUT2D eigenvalue weighted by Crippen LogP contribution is 2.31. The Morgan fingerprint density at radius 3 is 2.06 bits per heavy atom. The Hall–Kier alpha value is -0.450. The molecule has 0 bridgehead atoms. The Labute approximate surface area is 127 Å². The molecule has 18 heavy (non-hydrogen) atoms. The SMILES string of the molecule is O=c1c(Cl)c(Cl)cnn1-c1c(Cl)cc(Cl)cc1Cl. The number of hydrogen-bond acceptors (Lipinski definition) is 2. The highest BCUT2D eigenvalue weighted by atomic mass is 35.5. The van der Waals surface area contributed by atoms with Crippen molar-refractivity contribution in [1.82, 2.24) is 9.78 Å². The van der Waals surface area contributed by atoms with Crippen molar-refractivity contribution in [3.05, 3.63) is 53.8 Å². The normalized spacial score (nSPS) is 10.7. The maximum atomic E-state index is 11.9. The first kappa shape index (κ1) is 14.0. The second-order valence-corrected chi connectivity index (χ2v) is 5.28. The molecule has 0 unspecified atom stereocenters. The molecule has 0 N–H and O–H groups in total. The molecule has 0 amide bonds. The van der Waals surface area contributed by atoms with Crippen molar-refractivity contribution in [1.29, 1.82) is 0 Å². The summed E-state index contributed by atoms with van der Waals surface area (Å²) in [6.07, 6.45) is 1.23. The molecule has 0 saturated heterocycles. The second kappa shape index (κ2) is 5.27. The monoisotopic (exact) mass is 342 g/mol. The third kappa shape index (κ3) is 2.46. The molecule has 0 fully saturated rings.